The molecule has 0 amide bonds. The third kappa shape index (κ3) is 2.92. The Kier molecular flexibility index (Phi) is 4.23. The van der Waals surface area contributed by atoms with Gasteiger partial charge in [0.05, 0.1) is 30.1 Å². The van der Waals surface area contributed by atoms with E-state index >= 15 is 0 Å². The third-order valence-corrected chi connectivity index (χ3v) is 4.92. The topological polar surface area (TPSA) is 62.9 Å². The van der Waals surface area contributed by atoms with Crippen molar-refractivity contribution < 1.29 is 9.84 Å². The number of ether oxygens (including phenoxy) is 1. The summed E-state index contributed by atoms with van der Waals surface area (Å²) in [6, 6.07) is 5.69. The van der Waals surface area contributed by atoms with Crippen molar-refractivity contribution in [2.24, 2.45) is 0 Å². The number of methoxy groups -OCH3 is 1. The first-order valence-corrected chi connectivity index (χ1v) is 8.64. The average molecular weight is 359 g/mol. The number of nitrogens with zero attached hydrogens (tertiary/aromatic N) is 4. The van der Waals surface area contributed by atoms with Gasteiger partial charge < -0.3 is 14.7 Å². The van der Waals surface area contributed by atoms with Crippen LogP contribution in [0.4, 0.5) is 5.82 Å². The molecule has 0 radical (unpaired) electrons. The molecule has 0 unspecified atom stereocenters. The fourth-order valence-electron chi connectivity index (χ4n) is 3.25. The third-order valence-electron chi connectivity index (χ3n) is 4.62. The molecule has 3 aromatic rings. The second-order valence-corrected chi connectivity index (χ2v) is 6.56. The van der Waals surface area contributed by atoms with E-state index in [4.69, 9.17) is 16.3 Å². The van der Waals surface area contributed by atoms with Crippen LogP contribution in [0.15, 0.2) is 36.8 Å². The van der Waals surface area contributed by atoms with Crippen LogP contribution in [0.5, 0.6) is 5.75 Å². The van der Waals surface area contributed by atoms with Gasteiger partial charge in [-0.15, -0.1) is 0 Å². The predicted molar refractivity (Wildman–Crippen MR) is 97.4 cm³/mol. The van der Waals surface area contributed by atoms with Crippen LogP contribution in [-0.4, -0.2) is 45.8 Å². The van der Waals surface area contributed by atoms with Gasteiger partial charge in [0.2, 0.25) is 0 Å². The largest absolute Gasteiger partial charge is 0.495 e. The molecule has 4 rings (SSSR count). The molecular weight excluding hydrogens is 340 g/mol. The first-order chi connectivity index (χ1) is 12.2. The molecule has 0 saturated carbocycles. The minimum Gasteiger partial charge on any atom is -0.495 e. The second kappa shape index (κ2) is 6.54. The Balaban J connectivity index is 1.75. The van der Waals surface area contributed by atoms with Gasteiger partial charge in [0.15, 0.2) is 11.5 Å². The molecule has 1 aliphatic rings. The number of rotatable bonds is 3. The van der Waals surface area contributed by atoms with Crippen molar-refractivity contribution >= 4 is 23.1 Å². The molecule has 0 aliphatic carbocycles. The van der Waals surface area contributed by atoms with Crippen molar-refractivity contribution in [1.82, 2.24) is 14.4 Å². The number of halogens is 1. The van der Waals surface area contributed by atoms with Crippen molar-refractivity contribution in [3.63, 3.8) is 0 Å². The Labute approximate surface area is 150 Å². The number of hydrogen-bond donors (Lipinski definition) is 1. The van der Waals surface area contributed by atoms with E-state index in [0.29, 0.717) is 10.8 Å². The summed E-state index contributed by atoms with van der Waals surface area (Å²) >= 11 is 6.27. The zero-order valence-corrected chi connectivity index (χ0v) is 14.6. The van der Waals surface area contributed by atoms with Gasteiger partial charge in [-0.05, 0) is 31.0 Å². The maximum atomic E-state index is 9.72. The maximum Gasteiger partial charge on any atom is 0.180 e. The van der Waals surface area contributed by atoms with Crippen LogP contribution in [0.2, 0.25) is 5.02 Å². The average Bonchev–Trinajstić information content (AvgIpc) is 3.06. The van der Waals surface area contributed by atoms with Crippen molar-refractivity contribution in [1.29, 1.82) is 0 Å². The molecule has 25 heavy (non-hydrogen) atoms. The predicted octanol–water partition coefficient (Wildman–Crippen LogP) is 3.02. The Morgan fingerprint density at radius 1 is 1.24 bits per heavy atom. The number of benzene rings is 1. The van der Waals surface area contributed by atoms with Gasteiger partial charge >= 0.3 is 0 Å². The summed E-state index contributed by atoms with van der Waals surface area (Å²) in [5.41, 5.74) is 2.71. The first-order valence-electron chi connectivity index (χ1n) is 8.26. The summed E-state index contributed by atoms with van der Waals surface area (Å²) in [6.45, 7) is 1.56. The number of fused-ring (bicyclic) bond motifs is 1. The molecule has 130 valence electrons. The van der Waals surface area contributed by atoms with E-state index in [1.807, 2.05) is 35.0 Å². The molecule has 1 aromatic carbocycles. The van der Waals surface area contributed by atoms with Gasteiger partial charge in [-0.1, -0.05) is 11.6 Å². The summed E-state index contributed by atoms with van der Waals surface area (Å²) < 4.78 is 7.24. The SMILES string of the molecule is COc1ccc(-c2cnc3c(N4CCC(O)CC4)nccn23)cc1Cl. The second-order valence-electron chi connectivity index (χ2n) is 6.16. The van der Waals surface area contributed by atoms with Crippen LogP contribution in [0, 0.1) is 0 Å². The van der Waals surface area contributed by atoms with Crippen LogP contribution in [-0.2, 0) is 0 Å². The summed E-state index contributed by atoms with van der Waals surface area (Å²) in [5.74, 6) is 1.49. The van der Waals surface area contributed by atoms with E-state index in [0.717, 1.165) is 48.7 Å². The van der Waals surface area contributed by atoms with E-state index in [9.17, 15) is 5.11 Å². The fourth-order valence-corrected chi connectivity index (χ4v) is 3.50. The number of aromatic nitrogens is 3. The summed E-state index contributed by atoms with van der Waals surface area (Å²) in [4.78, 5) is 11.3. The minimum absolute atomic E-state index is 0.215. The van der Waals surface area contributed by atoms with Crippen LogP contribution >= 0.6 is 11.6 Å². The molecule has 1 saturated heterocycles. The molecule has 2 aromatic heterocycles. The maximum absolute atomic E-state index is 9.72. The first kappa shape index (κ1) is 16.2. The minimum atomic E-state index is -0.215. The lowest BCUT2D eigenvalue weighted by molar-refractivity contribution is 0.145. The van der Waals surface area contributed by atoms with Crippen LogP contribution in [0.25, 0.3) is 16.9 Å². The van der Waals surface area contributed by atoms with E-state index in [1.165, 1.54) is 0 Å². The molecule has 0 bridgehead atoms. The number of aliphatic hydroxyl groups is 1. The van der Waals surface area contributed by atoms with Crippen LogP contribution in [0.3, 0.4) is 0 Å². The Morgan fingerprint density at radius 2 is 2.04 bits per heavy atom. The summed E-state index contributed by atoms with van der Waals surface area (Å²) in [5, 5.41) is 10.3. The van der Waals surface area contributed by atoms with Crippen molar-refractivity contribution in [3.8, 4) is 17.0 Å². The molecule has 7 heteroatoms. The number of imidazole rings is 1. The van der Waals surface area contributed by atoms with Gasteiger partial charge in [-0.3, -0.25) is 4.40 Å². The highest BCUT2D eigenvalue weighted by Crippen LogP contribution is 2.32. The summed E-state index contributed by atoms with van der Waals surface area (Å²) in [7, 11) is 1.60. The molecule has 1 fully saturated rings. The lowest BCUT2D eigenvalue weighted by Crippen LogP contribution is -2.36. The number of aliphatic hydroxyl groups excluding tert-OH is 1. The number of anilines is 1. The quantitative estimate of drug-likeness (QED) is 0.779. The Bertz CT molecular complexity index is 903. The van der Waals surface area contributed by atoms with Gasteiger partial charge in [-0.25, -0.2) is 9.97 Å². The number of piperidine rings is 1. The molecule has 0 atom stereocenters. The summed E-state index contributed by atoms with van der Waals surface area (Å²) in [6.07, 6.45) is 6.81. The Hall–Kier alpha value is -2.31. The van der Waals surface area contributed by atoms with Crippen molar-refractivity contribution in [2.45, 2.75) is 18.9 Å². The van der Waals surface area contributed by atoms with Crippen molar-refractivity contribution in [2.75, 3.05) is 25.1 Å². The van der Waals surface area contributed by atoms with Crippen LogP contribution in [0.1, 0.15) is 12.8 Å². The fraction of sp³-hybridized carbons (Fsp3) is 0.333. The molecule has 3 heterocycles. The molecule has 0 spiro atoms. The van der Waals surface area contributed by atoms with Gasteiger partial charge in [0.1, 0.15) is 5.75 Å². The van der Waals surface area contributed by atoms with Gasteiger partial charge in [0.25, 0.3) is 0 Å². The zero-order valence-electron chi connectivity index (χ0n) is 13.9. The van der Waals surface area contributed by atoms with E-state index < -0.39 is 0 Å². The van der Waals surface area contributed by atoms with Gasteiger partial charge in [0, 0.05) is 31.0 Å². The zero-order chi connectivity index (χ0) is 17.4. The van der Waals surface area contributed by atoms with E-state index in [-0.39, 0.29) is 6.10 Å². The molecule has 1 N–H and O–H groups in total. The van der Waals surface area contributed by atoms with E-state index in [2.05, 4.69) is 14.9 Å². The lowest BCUT2D eigenvalue weighted by atomic mass is 10.1. The lowest BCUT2D eigenvalue weighted by Gasteiger charge is -2.30. The molecule has 6 nitrogen and oxygen atoms in total. The standard InChI is InChI=1S/C18H19ClN4O2/c1-25-16-3-2-12(10-14(16)19)15-11-21-18-17(20-6-9-23(15)18)22-7-4-13(24)5-8-22/h2-3,6,9-11,13,24H,4-5,7-8H2,1H3. The highest BCUT2D eigenvalue weighted by Gasteiger charge is 2.21. The van der Waals surface area contributed by atoms with Crippen LogP contribution < -0.4 is 9.64 Å². The van der Waals surface area contributed by atoms with E-state index in [1.54, 1.807) is 13.3 Å². The molecular formula is C18H19ClN4O2. The highest BCUT2D eigenvalue weighted by molar-refractivity contribution is 6.32. The van der Waals surface area contributed by atoms with Gasteiger partial charge in [-0.2, -0.15) is 0 Å². The molecule has 1 aliphatic heterocycles. The highest BCUT2D eigenvalue weighted by atomic mass is 35.5. The number of hydrogen-bond acceptors (Lipinski definition) is 5. The van der Waals surface area contributed by atoms with Crippen molar-refractivity contribution in [3.05, 3.63) is 41.8 Å². The smallest absolute Gasteiger partial charge is 0.180 e. The Morgan fingerprint density at radius 3 is 2.76 bits per heavy atom. The normalized spacial score (nSPS) is 15.7. The monoisotopic (exact) mass is 358 g/mol.